The molecule has 0 amide bonds. The predicted molar refractivity (Wildman–Crippen MR) is 119 cm³/mol. The number of aromatic nitrogens is 5. The van der Waals surface area contributed by atoms with Crippen molar-refractivity contribution in [2.24, 2.45) is 0 Å². The number of pyridine rings is 1. The van der Waals surface area contributed by atoms with Gasteiger partial charge in [0.15, 0.2) is 5.65 Å². The molecular formula is C24H25N5O2. The quantitative estimate of drug-likeness (QED) is 0.503. The summed E-state index contributed by atoms with van der Waals surface area (Å²) in [5.74, 6) is 1.25. The van der Waals surface area contributed by atoms with E-state index in [-0.39, 0.29) is 5.56 Å². The Balaban J connectivity index is 1.51. The van der Waals surface area contributed by atoms with Crippen molar-refractivity contribution in [3.05, 3.63) is 70.4 Å². The summed E-state index contributed by atoms with van der Waals surface area (Å²) in [6.07, 6.45) is 8.76. The molecule has 0 radical (unpaired) electrons. The highest BCUT2D eigenvalue weighted by Crippen LogP contribution is 2.32. The number of hydrogen-bond donors (Lipinski definition) is 1. The van der Waals surface area contributed by atoms with Crippen molar-refractivity contribution < 1.29 is 4.74 Å². The zero-order chi connectivity index (χ0) is 21.2. The highest BCUT2D eigenvalue weighted by molar-refractivity contribution is 5.79. The standard InChI is InChI=1S/C24H25N5O2/c1-2-20-21-23(29(28-20)18-7-3-4-8-18)26-22(27-24(21)30)17-6-5-9-19(14-17)31-15-16-10-12-25-13-11-16/h5-6,9-14,18H,2-4,7-8,15H2,1H3,(H,26,27,30). The van der Waals surface area contributed by atoms with Gasteiger partial charge in [0.1, 0.15) is 23.6 Å². The lowest BCUT2D eigenvalue weighted by molar-refractivity contribution is 0.306. The third-order valence-electron chi connectivity index (χ3n) is 5.90. The second kappa shape index (κ2) is 8.34. The summed E-state index contributed by atoms with van der Waals surface area (Å²) >= 11 is 0. The molecule has 5 rings (SSSR count). The van der Waals surface area contributed by atoms with Gasteiger partial charge in [-0.05, 0) is 49.1 Å². The Morgan fingerprint density at radius 3 is 2.74 bits per heavy atom. The molecule has 1 aromatic carbocycles. The third kappa shape index (κ3) is 3.83. The van der Waals surface area contributed by atoms with Gasteiger partial charge in [-0.2, -0.15) is 5.10 Å². The van der Waals surface area contributed by atoms with E-state index in [0.717, 1.165) is 35.4 Å². The van der Waals surface area contributed by atoms with Crippen molar-refractivity contribution >= 4 is 11.0 Å². The first kappa shape index (κ1) is 19.5. The molecule has 0 atom stereocenters. The summed E-state index contributed by atoms with van der Waals surface area (Å²) in [6.45, 7) is 2.47. The SMILES string of the molecule is CCc1nn(C2CCCC2)c2nc(-c3cccc(OCc4ccncc4)c3)[nH]c(=O)c12. The molecule has 158 valence electrons. The lowest BCUT2D eigenvalue weighted by atomic mass is 10.2. The van der Waals surface area contributed by atoms with Crippen molar-refractivity contribution in [3.63, 3.8) is 0 Å². The lowest BCUT2D eigenvalue weighted by Gasteiger charge is -2.11. The molecule has 7 heteroatoms. The van der Waals surface area contributed by atoms with Crippen molar-refractivity contribution in [1.82, 2.24) is 24.7 Å². The Morgan fingerprint density at radius 1 is 1.16 bits per heavy atom. The molecule has 0 bridgehead atoms. The number of H-pyrrole nitrogens is 1. The number of ether oxygens (including phenoxy) is 1. The Hall–Kier alpha value is -3.48. The third-order valence-corrected chi connectivity index (χ3v) is 5.90. The van der Waals surface area contributed by atoms with Gasteiger partial charge in [0.25, 0.3) is 5.56 Å². The van der Waals surface area contributed by atoms with Crippen LogP contribution in [0.5, 0.6) is 5.75 Å². The molecule has 0 aliphatic heterocycles. The number of hydrogen-bond acceptors (Lipinski definition) is 5. The number of fused-ring (bicyclic) bond motifs is 1. The van der Waals surface area contributed by atoms with Crippen LogP contribution in [-0.4, -0.2) is 24.7 Å². The maximum absolute atomic E-state index is 13.0. The fraction of sp³-hybridized carbons (Fsp3) is 0.333. The largest absolute Gasteiger partial charge is 0.489 e. The Bertz CT molecular complexity index is 1260. The first-order valence-electron chi connectivity index (χ1n) is 10.9. The zero-order valence-corrected chi connectivity index (χ0v) is 17.5. The Labute approximate surface area is 180 Å². The number of nitrogens with one attached hydrogen (secondary N) is 1. The normalized spacial score (nSPS) is 14.4. The van der Waals surface area contributed by atoms with E-state index in [1.165, 1.54) is 12.8 Å². The van der Waals surface area contributed by atoms with E-state index in [9.17, 15) is 4.79 Å². The summed E-state index contributed by atoms with van der Waals surface area (Å²) in [7, 11) is 0. The predicted octanol–water partition coefficient (Wildman–Crippen LogP) is 4.44. The van der Waals surface area contributed by atoms with E-state index < -0.39 is 0 Å². The Morgan fingerprint density at radius 2 is 1.97 bits per heavy atom. The number of benzene rings is 1. The average Bonchev–Trinajstić information content (AvgIpc) is 3.46. The number of rotatable bonds is 6. The molecule has 7 nitrogen and oxygen atoms in total. The van der Waals surface area contributed by atoms with Crippen molar-refractivity contribution in [2.75, 3.05) is 0 Å². The van der Waals surface area contributed by atoms with Gasteiger partial charge in [0, 0.05) is 18.0 Å². The molecule has 1 N–H and O–H groups in total. The maximum Gasteiger partial charge on any atom is 0.262 e. The second-order valence-electron chi connectivity index (χ2n) is 7.97. The second-order valence-corrected chi connectivity index (χ2v) is 7.97. The van der Waals surface area contributed by atoms with Gasteiger partial charge in [-0.15, -0.1) is 0 Å². The van der Waals surface area contributed by atoms with E-state index in [0.29, 0.717) is 35.9 Å². The minimum atomic E-state index is -0.135. The van der Waals surface area contributed by atoms with Crippen LogP contribution >= 0.6 is 0 Å². The van der Waals surface area contributed by atoms with Gasteiger partial charge in [-0.3, -0.25) is 9.78 Å². The smallest absolute Gasteiger partial charge is 0.262 e. The summed E-state index contributed by atoms with van der Waals surface area (Å²) in [5, 5.41) is 5.38. The monoisotopic (exact) mass is 415 g/mol. The topological polar surface area (TPSA) is 85.7 Å². The van der Waals surface area contributed by atoms with E-state index in [1.54, 1.807) is 12.4 Å². The first-order valence-corrected chi connectivity index (χ1v) is 10.9. The van der Waals surface area contributed by atoms with E-state index in [4.69, 9.17) is 14.8 Å². The van der Waals surface area contributed by atoms with Gasteiger partial charge in [-0.25, -0.2) is 9.67 Å². The molecule has 31 heavy (non-hydrogen) atoms. The molecule has 0 saturated heterocycles. The van der Waals surface area contributed by atoms with Crippen molar-refractivity contribution in [1.29, 1.82) is 0 Å². The van der Waals surface area contributed by atoms with Crippen LogP contribution in [0.3, 0.4) is 0 Å². The Kier molecular flexibility index (Phi) is 5.24. The highest BCUT2D eigenvalue weighted by atomic mass is 16.5. The maximum atomic E-state index is 13.0. The van der Waals surface area contributed by atoms with Gasteiger partial charge in [0.05, 0.1) is 11.7 Å². The van der Waals surface area contributed by atoms with Crippen LogP contribution in [0.25, 0.3) is 22.4 Å². The summed E-state index contributed by atoms with van der Waals surface area (Å²) in [5.41, 5.74) is 3.22. The van der Waals surface area contributed by atoms with Crippen LogP contribution in [0.1, 0.15) is 49.9 Å². The summed E-state index contributed by atoms with van der Waals surface area (Å²) in [4.78, 5) is 24.8. The first-order chi connectivity index (χ1) is 15.2. The molecular weight excluding hydrogens is 390 g/mol. The van der Waals surface area contributed by atoms with Crippen molar-refractivity contribution in [2.45, 2.75) is 51.7 Å². The number of aryl methyl sites for hydroxylation is 1. The zero-order valence-electron chi connectivity index (χ0n) is 17.5. The lowest BCUT2D eigenvalue weighted by Crippen LogP contribution is -2.12. The van der Waals surface area contributed by atoms with Gasteiger partial charge in [-0.1, -0.05) is 31.9 Å². The van der Waals surface area contributed by atoms with Crippen LogP contribution in [0.2, 0.25) is 0 Å². The molecule has 3 heterocycles. The number of nitrogens with zero attached hydrogens (tertiary/aromatic N) is 4. The molecule has 1 aliphatic rings. The van der Waals surface area contributed by atoms with Gasteiger partial charge < -0.3 is 9.72 Å². The fourth-order valence-corrected chi connectivity index (χ4v) is 4.28. The van der Waals surface area contributed by atoms with E-state index in [2.05, 4.69) is 9.97 Å². The average molecular weight is 415 g/mol. The van der Waals surface area contributed by atoms with Crippen LogP contribution in [-0.2, 0) is 13.0 Å². The van der Waals surface area contributed by atoms with Crippen molar-refractivity contribution in [3.8, 4) is 17.1 Å². The van der Waals surface area contributed by atoms with Gasteiger partial charge >= 0.3 is 0 Å². The fourth-order valence-electron chi connectivity index (χ4n) is 4.28. The number of aromatic amines is 1. The minimum Gasteiger partial charge on any atom is -0.489 e. The van der Waals surface area contributed by atoms with Crippen LogP contribution in [0, 0.1) is 0 Å². The molecule has 1 saturated carbocycles. The summed E-state index contributed by atoms with van der Waals surface area (Å²) < 4.78 is 7.92. The molecule has 3 aromatic heterocycles. The van der Waals surface area contributed by atoms with Crippen LogP contribution in [0.15, 0.2) is 53.6 Å². The molecule has 1 fully saturated rings. The molecule has 1 aliphatic carbocycles. The molecule has 0 unspecified atom stereocenters. The van der Waals surface area contributed by atoms with Crippen LogP contribution < -0.4 is 10.3 Å². The van der Waals surface area contributed by atoms with E-state index >= 15 is 0 Å². The van der Waals surface area contributed by atoms with E-state index in [1.807, 2.05) is 48.0 Å². The summed E-state index contributed by atoms with van der Waals surface area (Å²) in [6, 6.07) is 11.8. The minimum absolute atomic E-state index is 0.135. The highest BCUT2D eigenvalue weighted by Gasteiger charge is 2.24. The van der Waals surface area contributed by atoms with Crippen LogP contribution in [0.4, 0.5) is 0 Å². The molecule has 0 spiro atoms. The van der Waals surface area contributed by atoms with Gasteiger partial charge in [0.2, 0.25) is 0 Å². The molecule has 4 aromatic rings.